The van der Waals surface area contributed by atoms with Gasteiger partial charge in [0, 0.05) is 10.0 Å². The molecule has 29 heavy (non-hydrogen) atoms. The van der Waals surface area contributed by atoms with Crippen LogP contribution in [0, 0.1) is 5.82 Å². The van der Waals surface area contributed by atoms with Crippen molar-refractivity contribution in [2.24, 2.45) is 0 Å². The van der Waals surface area contributed by atoms with E-state index in [2.05, 4.69) is 15.9 Å². The van der Waals surface area contributed by atoms with E-state index in [1.54, 1.807) is 0 Å². The first-order chi connectivity index (χ1) is 13.5. The molecule has 0 saturated carbocycles. The van der Waals surface area contributed by atoms with E-state index < -0.39 is 53.4 Å². The Kier molecular flexibility index (Phi) is 5.35. The molecule has 3 aromatic rings. The van der Waals surface area contributed by atoms with Crippen LogP contribution in [0.15, 0.2) is 50.5 Å². The standard InChI is InChI=1S/C18H11BrF4N2O4/c19-11-3-1-9(13(20)6-11)7-25-16(28)12-4-2-10(18(21,22)23)5-14(12)24(17(25)29)8-15(26)27/h1-6H,7-8H2,(H,26,27). The molecule has 2 aromatic carbocycles. The van der Waals surface area contributed by atoms with Crippen molar-refractivity contribution in [2.75, 3.05) is 0 Å². The zero-order valence-electron chi connectivity index (χ0n) is 14.3. The summed E-state index contributed by atoms with van der Waals surface area (Å²) in [4.78, 5) is 36.6. The smallest absolute Gasteiger partial charge is 0.416 e. The molecule has 1 N–H and O–H groups in total. The summed E-state index contributed by atoms with van der Waals surface area (Å²) in [5.74, 6) is -2.21. The Morgan fingerprint density at radius 2 is 1.76 bits per heavy atom. The van der Waals surface area contributed by atoms with Crippen LogP contribution in [-0.2, 0) is 24.1 Å². The van der Waals surface area contributed by atoms with Crippen molar-refractivity contribution in [3.63, 3.8) is 0 Å². The van der Waals surface area contributed by atoms with Crippen molar-refractivity contribution < 1.29 is 27.5 Å². The minimum atomic E-state index is -4.76. The van der Waals surface area contributed by atoms with E-state index in [1.807, 2.05) is 0 Å². The van der Waals surface area contributed by atoms with Crippen molar-refractivity contribution in [2.45, 2.75) is 19.3 Å². The number of carboxylic acids is 1. The average molecular weight is 475 g/mol. The molecule has 0 atom stereocenters. The van der Waals surface area contributed by atoms with Gasteiger partial charge in [-0.05, 0) is 30.3 Å². The molecule has 0 fully saturated rings. The summed E-state index contributed by atoms with van der Waals surface area (Å²) in [5, 5.41) is 8.78. The van der Waals surface area contributed by atoms with Gasteiger partial charge in [-0.15, -0.1) is 0 Å². The third-order valence-corrected chi connectivity index (χ3v) is 4.68. The van der Waals surface area contributed by atoms with Gasteiger partial charge in [-0.25, -0.2) is 9.18 Å². The van der Waals surface area contributed by atoms with Gasteiger partial charge in [0.15, 0.2) is 0 Å². The molecule has 0 amide bonds. The lowest BCUT2D eigenvalue weighted by Gasteiger charge is -2.15. The number of benzene rings is 2. The van der Waals surface area contributed by atoms with Crippen molar-refractivity contribution in [1.82, 2.24) is 9.13 Å². The Labute approximate surface area is 167 Å². The Morgan fingerprint density at radius 1 is 1.07 bits per heavy atom. The quantitative estimate of drug-likeness (QED) is 0.588. The fourth-order valence-electron chi connectivity index (χ4n) is 2.84. The fourth-order valence-corrected chi connectivity index (χ4v) is 3.17. The van der Waals surface area contributed by atoms with Crippen LogP contribution in [0.25, 0.3) is 10.9 Å². The Hall–Kier alpha value is -2.95. The molecule has 0 unspecified atom stereocenters. The highest BCUT2D eigenvalue weighted by Gasteiger charge is 2.31. The van der Waals surface area contributed by atoms with Crippen LogP contribution in [0.2, 0.25) is 0 Å². The second-order valence-electron chi connectivity index (χ2n) is 6.12. The number of fused-ring (bicyclic) bond motifs is 1. The minimum Gasteiger partial charge on any atom is -0.480 e. The summed E-state index contributed by atoms with van der Waals surface area (Å²) in [6.45, 7) is -1.49. The number of hydrogen-bond donors (Lipinski definition) is 1. The highest BCUT2D eigenvalue weighted by Crippen LogP contribution is 2.30. The predicted molar refractivity (Wildman–Crippen MR) is 98.3 cm³/mol. The molecular formula is C18H11BrF4N2O4. The first-order valence-corrected chi connectivity index (χ1v) is 8.78. The van der Waals surface area contributed by atoms with Gasteiger partial charge in [0.1, 0.15) is 12.4 Å². The van der Waals surface area contributed by atoms with Crippen LogP contribution < -0.4 is 11.2 Å². The molecule has 0 aliphatic carbocycles. The van der Waals surface area contributed by atoms with Gasteiger partial charge in [-0.1, -0.05) is 22.0 Å². The predicted octanol–water partition coefficient (Wildman–Crippen LogP) is 3.22. The zero-order chi connectivity index (χ0) is 21.5. The summed E-state index contributed by atoms with van der Waals surface area (Å²) in [6, 6.07) is 5.99. The van der Waals surface area contributed by atoms with E-state index in [-0.39, 0.29) is 10.9 Å². The summed E-state index contributed by atoms with van der Waals surface area (Å²) >= 11 is 3.07. The number of aromatic nitrogens is 2. The summed E-state index contributed by atoms with van der Waals surface area (Å²) in [6.07, 6.45) is -4.76. The average Bonchev–Trinajstić information content (AvgIpc) is 2.62. The third-order valence-electron chi connectivity index (χ3n) is 4.19. The third kappa shape index (κ3) is 4.09. The van der Waals surface area contributed by atoms with Gasteiger partial charge in [0.25, 0.3) is 5.56 Å². The maximum atomic E-state index is 14.1. The van der Waals surface area contributed by atoms with Gasteiger partial charge in [0.2, 0.25) is 0 Å². The van der Waals surface area contributed by atoms with E-state index >= 15 is 0 Å². The highest BCUT2D eigenvalue weighted by atomic mass is 79.9. The van der Waals surface area contributed by atoms with Crippen molar-refractivity contribution in [1.29, 1.82) is 0 Å². The zero-order valence-corrected chi connectivity index (χ0v) is 15.9. The molecule has 0 radical (unpaired) electrons. The molecule has 0 aliphatic heterocycles. The lowest BCUT2D eigenvalue weighted by atomic mass is 10.1. The Bertz CT molecular complexity index is 1250. The molecular weight excluding hydrogens is 464 g/mol. The van der Waals surface area contributed by atoms with Gasteiger partial charge in [-0.3, -0.25) is 18.7 Å². The number of nitrogens with zero attached hydrogens (tertiary/aromatic N) is 2. The molecule has 0 saturated heterocycles. The van der Waals surface area contributed by atoms with Crippen molar-refractivity contribution in [3.05, 3.63) is 78.7 Å². The molecule has 3 rings (SSSR count). The number of carbonyl (C=O) groups is 1. The SMILES string of the molecule is O=C(O)Cn1c(=O)n(Cc2ccc(Br)cc2F)c(=O)c2ccc(C(F)(F)F)cc21. The van der Waals surface area contributed by atoms with E-state index in [0.29, 0.717) is 25.7 Å². The van der Waals surface area contributed by atoms with Crippen LogP contribution in [0.1, 0.15) is 11.1 Å². The Morgan fingerprint density at radius 3 is 2.34 bits per heavy atom. The van der Waals surface area contributed by atoms with Crippen LogP contribution in [-0.4, -0.2) is 20.2 Å². The lowest BCUT2D eigenvalue weighted by molar-refractivity contribution is -0.138. The maximum Gasteiger partial charge on any atom is 0.416 e. The maximum absolute atomic E-state index is 14.1. The van der Waals surface area contributed by atoms with E-state index in [0.717, 1.165) is 12.1 Å². The summed E-state index contributed by atoms with van der Waals surface area (Å²) in [5.41, 5.74) is -3.75. The molecule has 6 nitrogen and oxygen atoms in total. The highest BCUT2D eigenvalue weighted by molar-refractivity contribution is 9.10. The van der Waals surface area contributed by atoms with Gasteiger partial charge >= 0.3 is 17.8 Å². The molecule has 1 heterocycles. The van der Waals surface area contributed by atoms with Gasteiger partial charge < -0.3 is 5.11 Å². The summed E-state index contributed by atoms with van der Waals surface area (Å²) in [7, 11) is 0. The first-order valence-electron chi connectivity index (χ1n) is 7.99. The lowest BCUT2D eigenvalue weighted by Crippen LogP contribution is -2.41. The second-order valence-corrected chi connectivity index (χ2v) is 7.03. The van der Waals surface area contributed by atoms with E-state index in [4.69, 9.17) is 5.11 Å². The number of rotatable bonds is 4. The Balaban J connectivity index is 2.30. The molecule has 152 valence electrons. The molecule has 0 aliphatic rings. The van der Waals surface area contributed by atoms with Crippen LogP contribution in [0.5, 0.6) is 0 Å². The summed E-state index contributed by atoms with van der Waals surface area (Å²) < 4.78 is 54.8. The van der Waals surface area contributed by atoms with Crippen molar-refractivity contribution in [3.8, 4) is 0 Å². The van der Waals surface area contributed by atoms with Gasteiger partial charge in [-0.2, -0.15) is 13.2 Å². The van der Waals surface area contributed by atoms with Crippen LogP contribution in [0.4, 0.5) is 17.6 Å². The van der Waals surface area contributed by atoms with Crippen LogP contribution >= 0.6 is 15.9 Å². The number of halogens is 5. The van der Waals surface area contributed by atoms with E-state index in [9.17, 15) is 31.9 Å². The number of carboxylic acid groups (broad SMARTS) is 1. The molecule has 0 spiro atoms. The largest absolute Gasteiger partial charge is 0.480 e. The second kappa shape index (κ2) is 7.47. The molecule has 11 heteroatoms. The topological polar surface area (TPSA) is 81.3 Å². The number of hydrogen-bond acceptors (Lipinski definition) is 3. The normalized spacial score (nSPS) is 11.8. The number of aliphatic carboxylic acids is 1. The molecule has 0 bridgehead atoms. The fraction of sp³-hybridized carbons (Fsp3) is 0.167. The van der Waals surface area contributed by atoms with Crippen LogP contribution in [0.3, 0.4) is 0 Å². The van der Waals surface area contributed by atoms with E-state index in [1.165, 1.54) is 12.1 Å². The van der Waals surface area contributed by atoms with Crippen molar-refractivity contribution >= 4 is 32.8 Å². The monoisotopic (exact) mass is 474 g/mol. The number of alkyl halides is 3. The first kappa shape index (κ1) is 20.8. The minimum absolute atomic E-state index is 0.0273. The molecule has 1 aromatic heterocycles. The van der Waals surface area contributed by atoms with Gasteiger partial charge in [0.05, 0.1) is 23.0 Å².